The van der Waals surface area contributed by atoms with Crippen molar-refractivity contribution in [1.82, 2.24) is 25.0 Å². The third-order valence-electron chi connectivity index (χ3n) is 1.18. The Morgan fingerprint density at radius 1 is 1.50 bits per heavy atom. The minimum absolute atomic E-state index is 0.642. The normalized spacial score (nSPS) is 10.8. The van der Waals surface area contributed by atoms with E-state index in [2.05, 4.69) is 32.2 Å². The Morgan fingerprint density at radius 2 is 2.42 bits per heavy atom. The zero-order valence-electron chi connectivity index (χ0n) is 5.65. The topological polar surface area (TPSA) is 56.0 Å². The van der Waals surface area contributed by atoms with Crippen molar-refractivity contribution in [2.75, 3.05) is 0 Å². The first kappa shape index (κ1) is 8.14. The van der Waals surface area contributed by atoms with Crippen LogP contribution < -0.4 is 0 Å². The van der Waals surface area contributed by atoms with Gasteiger partial charge in [-0.25, -0.2) is 4.98 Å². The van der Waals surface area contributed by atoms with Gasteiger partial charge in [0.05, 0.1) is 12.4 Å². The molecule has 2 rings (SSSR count). The first-order chi connectivity index (χ1) is 5.90. The van der Waals surface area contributed by atoms with E-state index >= 15 is 0 Å². The molecule has 0 radical (unpaired) electrons. The molecular weight excluding hydrogens is 214 g/mol. The van der Waals surface area contributed by atoms with E-state index in [4.69, 9.17) is 0 Å². The van der Waals surface area contributed by atoms with E-state index in [1.165, 1.54) is 20.6 Å². The van der Waals surface area contributed by atoms with Crippen molar-refractivity contribution in [2.45, 2.75) is 5.03 Å². The van der Waals surface area contributed by atoms with Gasteiger partial charge in [-0.3, -0.25) is 0 Å². The van der Waals surface area contributed by atoms with Gasteiger partial charge in [-0.2, -0.15) is 4.52 Å². The lowest BCUT2D eigenvalue weighted by atomic mass is 10.7. The molecule has 0 saturated heterocycles. The van der Waals surface area contributed by atoms with Crippen molar-refractivity contribution in [3.63, 3.8) is 0 Å². The largest absolute Gasteiger partial charge is 0.243 e. The zero-order valence-corrected chi connectivity index (χ0v) is 8.18. The van der Waals surface area contributed by atoms with Crippen molar-refractivity contribution >= 4 is 37.9 Å². The fraction of sp³-hybridized carbons (Fsp3) is 0. The summed E-state index contributed by atoms with van der Waals surface area (Å²) < 4.78 is 1.57. The Kier molecular flexibility index (Phi) is 2.38. The van der Waals surface area contributed by atoms with Crippen LogP contribution in [0.3, 0.4) is 0 Å². The van der Waals surface area contributed by atoms with Crippen LogP contribution in [0.2, 0.25) is 0 Å². The Labute approximate surface area is 80.5 Å². The van der Waals surface area contributed by atoms with Crippen LogP contribution in [0.1, 0.15) is 0 Å². The molecule has 0 N–H and O–H groups in total. The molecule has 0 atom stereocenters. The molecule has 0 unspecified atom stereocenters. The molecular formula is C4H3N5S3. The maximum Gasteiger partial charge on any atom is 0.197 e. The lowest BCUT2D eigenvalue weighted by Gasteiger charge is -1.94. The van der Waals surface area contributed by atoms with Gasteiger partial charge in [-0.05, 0) is 31.0 Å². The summed E-state index contributed by atoms with van der Waals surface area (Å²) in [5.41, 5.74) is 0.642. The van der Waals surface area contributed by atoms with Gasteiger partial charge >= 0.3 is 0 Å². The van der Waals surface area contributed by atoms with Crippen LogP contribution in [0.5, 0.6) is 0 Å². The van der Waals surface area contributed by atoms with Crippen molar-refractivity contribution in [3.8, 4) is 0 Å². The van der Waals surface area contributed by atoms with Crippen LogP contribution in [-0.4, -0.2) is 25.0 Å². The summed E-state index contributed by atoms with van der Waals surface area (Å²) in [4.78, 5) is 4.10. The van der Waals surface area contributed by atoms with Crippen molar-refractivity contribution in [2.24, 2.45) is 0 Å². The second-order valence-corrected chi connectivity index (χ2v) is 4.89. The smallest absolute Gasteiger partial charge is 0.197 e. The monoisotopic (exact) mass is 217 g/mol. The summed E-state index contributed by atoms with van der Waals surface area (Å²) in [5.74, 6) is 0. The standard InChI is InChI=1S/C4H3N5S3/c10-12-11-4-2-9-3(1-5-4)6-7-8-9/h1-2,10H. The second-order valence-electron chi connectivity index (χ2n) is 1.87. The Hall–Kier alpha value is -0.470. The van der Waals surface area contributed by atoms with Crippen molar-refractivity contribution in [1.29, 1.82) is 0 Å². The van der Waals surface area contributed by atoms with Gasteiger partial charge < -0.3 is 0 Å². The molecule has 0 aliphatic heterocycles. The van der Waals surface area contributed by atoms with E-state index in [1.54, 1.807) is 16.9 Å². The number of rotatable bonds is 2. The summed E-state index contributed by atoms with van der Waals surface area (Å²) >= 11 is 3.99. The molecule has 8 heteroatoms. The second kappa shape index (κ2) is 3.50. The fourth-order valence-electron chi connectivity index (χ4n) is 0.718. The van der Waals surface area contributed by atoms with Crippen LogP contribution in [-0.2, 0) is 0 Å². The molecule has 0 saturated carbocycles. The van der Waals surface area contributed by atoms with Crippen LogP contribution >= 0.6 is 32.3 Å². The predicted octanol–water partition coefficient (Wildman–Crippen LogP) is 1.10. The quantitative estimate of drug-likeness (QED) is 0.600. The lowest BCUT2D eigenvalue weighted by Crippen LogP contribution is -1.89. The third-order valence-corrected chi connectivity index (χ3v) is 3.04. The van der Waals surface area contributed by atoms with Crippen molar-refractivity contribution < 1.29 is 0 Å². The zero-order chi connectivity index (χ0) is 8.39. The van der Waals surface area contributed by atoms with Crippen LogP contribution in [0, 0.1) is 0 Å². The van der Waals surface area contributed by atoms with Gasteiger partial charge in [0.15, 0.2) is 5.65 Å². The molecule has 0 bridgehead atoms. The molecule has 2 heterocycles. The number of aromatic nitrogens is 5. The van der Waals surface area contributed by atoms with Gasteiger partial charge in [-0.15, -0.1) is 5.10 Å². The van der Waals surface area contributed by atoms with E-state index in [1.807, 2.05) is 0 Å². The Bertz CT molecular complexity index is 387. The van der Waals surface area contributed by atoms with E-state index in [9.17, 15) is 0 Å². The molecule has 2 aromatic rings. The summed E-state index contributed by atoms with van der Waals surface area (Å²) in [7, 11) is 2.78. The molecule has 0 aromatic carbocycles. The maximum atomic E-state index is 4.10. The number of hydrogen-bond donors (Lipinski definition) is 1. The molecule has 0 fully saturated rings. The summed E-state index contributed by atoms with van der Waals surface area (Å²) in [5, 5.41) is 11.8. The van der Waals surface area contributed by atoms with E-state index < -0.39 is 0 Å². The van der Waals surface area contributed by atoms with Crippen molar-refractivity contribution in [3.05, 3.63) is 12.4 Å². The number of tetrazole rings is 1. The van der Waals surface area contributed by atoms with Gasteiger partial charge in [0.2, 0.25) is 0 Å². The Morgan fingerprint density at radius 3 is 3.25 bits per heavy atom. The van der Waals surface area contributed by atoms with Crippen LogP contribution in [0.25, 0.3) is 5.65 Å². The molecule has 12 heavy (non-hydrogen) atoms. The molecule has 0 amide bonds. The molecule has 0 aliphatic rings. The predicted molar refractivity (Wildman–Crippen MR) is 51.0 cm³/mol. The summed E-state index contributed by atoms with van der Waals surface area (Å²) in [6, 6.07) is 0. The number of fused-ring (bicyclic) bond motifs is 1. The lowest BCUT2D eigenvalue weighted by molar-refractivity contribution is 0.807. The molecule has 2 aromatic heterocycles. The highest BCUT2D eigenvalue weighted by Crippen LogP contribution is 2.31. The summed E-state index contributed by atoms with van der Waals surface area (Å²) in [6.45, 7) is 0. The van der Waals surface area contributed by atoms with Crippen LogP contribution in [0.15, 0.2) is 17.4 Å². The highest BCUT2D eigenvalue weighted by atomic mass is 33.5. The number of thiol groups is 1. The summed E-state index contributed by atoms with van der Waals surface area (Å²) in [6.07, 6.45) is 3.37. The van der Waals surface area contributed by atoms with Gasteiger partial charge in [-0.1, -0.05) is 11.7 Å². The van der Waals surface area contributed by atoms with E-state index in [-0.39, 0.29) is 0 Å². The maximum absolute atomic E-state index is 4.10. The van der Waals surface area contributed by atoms with Gasteiger partial charge in [0, 0.05) is 0 Å². The minimum Gasteiger partial charge on any atom is -0.243 e. The molecule has 5 nitrogen and oxygen atoms in total. The number of nitrogens with zero attached hydrogens (tertiary/aromatic N) is 5. The SMILES string of the molecule is SSSc1cn2nnnc2cn1. The third kappa shape index (κ3) is 1.50. The van der Waals surface area contributed by atoms with E-state index in [0.29, 0.717) is 5.65 Å². The van der Waals surface area contributed by atoms with E-state index in [0.717, 1.165) is 5.03 Å². The van der Waals surface area contributed by atoms with Gasteiger partial charge in [0.25, 0.3) is 0 Å². The highest BCUT2D eigenvalue weighted by molar-refractivity contribution is 9.05. The first-order valence-corrected chi connectivity index (χ1v) is 6.12. The average molecular weight is 217 g/mol. The minimum atomic E-state index is 0.642. The van der Waals surface area contributed by atoms with Gasteiger partial charge in [0.1, 0.15) is 5.03 Å². The first-order valence-electron chi connectivity index (χ1n) is 2.92. The number of hydrogen-bond acceptors (Lipinski definition) is 7. The Balaban J connectivity index is 2.46. The molecule has 0 spiro atoms. The highest BCUT2D eigenvalue weighted by Gasteiger charge is 1.99. The molecule has 62 valence electrons. The average Bonchev–Trinajstić information content (AvgIpc) is 2.51. The molecule has 0 aliphatic carbocycles. The van der Waals surface area contributed by atoms with Crippen LogP contribution in [0.4, 0.5) is 0 Å². The fourth-order valence-corrected chi connectivity index (χ4v) is 2.21.